The summed E-state index contributed by atoms with van der Waals surface area (Å²) in [5.74, 6) is -0.923. The average molecular weight is 483 g/mol. The minimum atomic E-state index is -4.76. The second-order valence-corrected chi connectivity index (χ2v) is 9.18. The van der Waals surface area contributed by atoms with Crippen LogP contribution in [0.5, 0.6) is 0 Å². The summed E-state index contributed by atoms with van der Waals surface area (Å²) < 4.78 is 67.2. The molecule has 0 spiro atoms. The molecule has 0 unspecified atom stereocenters. The van der Waals surface area contributed by atoms with Gasteiger partial charge >= 0.3 is 6.18 Å². The third kappa shape index (κ3) is 5.87. The molecule has 1 N–H and O–H groups in total. The van der Waals surface area contributed by atoms with Crippen LogP contribution >= 0.6 is 11.6 Å². The molecular formula is C22H18ClF3N2O3S. The van der Waals surface area contributed by atoms with Crippen LogP contribution < -0.4 is 5.32 Å². The molecule has 0 heterocycles. The van der Waals surface area contributed by atoms with E-state index in [1.54, 1.807) is 36.4 Å². The highest BCUT2D eigenvalue weighted by atomic mass is 35.5. The lowest BCUT2D eigenvalue weighted by Crippen LogP contribution is -2.37. The number of nitrogens with zero attached hydrogens (tertiary/aromatic N) is 1. The fraction of sp³-hybridized carbons (Fsp3) is 0.136. The second-order valence-electron chi connectivity index (χ2n) is 6.81. The van der Waals surface area contributed by atoms with E-state index < -0.39 is 39.9 Å². The van der Waals surface area contributed by atoms with Gasteiger partial charge in [0.1, 0.15) is 0 Å². The summed E-state index contributed by atoms with van der Waals surface area (Å²) in [5, 5.41) is 2.01. The van der Waals surface area contributed by atoms with Gasteiger partial charge in [-0.05, 0) is 35.9 Å². The van der Waals surface area contributed by atoms with Crippen molar-refractivity contribution in [1.29, 1.82) is 0 Å². The molecule has 10 heteroatoms. The SMILES string of the molecule is O=C(CN(Cc1ccccc1)S(=O)(=O)c1ccccc1)Nc1ccc(Cl)cc1C(F)(F)F. The Bertz CT molecular complexity index is 1190. The summed E-state index contributed by atoms with van der Waals surface area (Å²) in [5.41, 5.74) is -1.02. The van der Waals surface area contributed by atoms with E-state index in [0.29, 0.717) is 11.6 Å². The molecule has 0 saturated heterocycles. The van der Waals surface area contributed by atoms with Gasteiger partial charge in [-0.3, -0.25) is 4.79 Å². The highest BCUT2D eigenvalue weighted by Gasteiger charge is 2.35. The summed E-state index contributed by atoms with van der Waals surface area (Å²) in [4.78, 5) is 12.6. The lowest BCUT2D eigenvalue weighted by Gasteiger charge is -2.22. The van der Waals surface area contributed by atoms with E-state index in [1.165, 1.54) is 30.3 Å². The highest BCUT2D eigenvalue weighted by molar-refractivity contribution is 7.89. The number of rotatable bonds is 7. The van der Waals surface area contributed by atoms with Crippen LogP contribution in [0.3, 0.4) is 0 Å². The first-order valence-electron chi connectivity index (χ1n) is 9.33. The van der Waals surface area contributed by atoms with Gasteiger partial charge in [-0.15, -0.1) is 0 Å². The van der Waals surface area contributed by atoms with Crippen molar-refractivity contribution in [1.82, 2.24) is 4.31 Å². The van der Waals surface area contributed by atoms with Crippen molar-refractivity contribution in [2.75, 3.05) is 11.9 Å². The zero-order valence-corrected chi connectivity index (χ0v) is 18.1. The number of alkyl halides is 3. The highest BCUT2D eigenvalue weighted by Crippen LogP contribution is 2.36. The van der Waals surface area contributed by atoms with Crippen LogP contribution in [0.4, 0.5) is 18.9 Å². The van der Waals surface area contributed by atoms with Gasteiger partial charge in [0, 0.05) is 11.6 Å². The molecule has 168 valence electrons. The lowest BCUT2D eigenvalue weighted by molar-refractivity contribution is -0.137. The maximum absolute atomic E-state index is 13.3. The number of carbonyl (C=O) groups is 1. The number of sulfonamides is 1. The first-order valence-corrected chi connectivity index (χ1v) is 11.1. The quantitative estimate of drug-likeness (QED) is 0.504. The number of amides is 1. The van der Waals surface area contributed by atoms with Gasteiger partial charge in [0.2, 0.25) is 15.9 Å². The van der Waals surface area contributed by atoms with Crippen molar-refractivity contribution in [3.63, 3.8) is 0 Å². The van der Waals surface area contributed by atoms with Crippen molar-refractivity contribution >= 4 is 33.2 Å². The summed E-state index contributed by atoms with van der Waals surface area (Å²) in [6.07, 6.45) is -4.76. The van der Waals surface area contributed by atoms with Crippen LogP contribution in [-0.4, -0.2) is 25.2 Å². The van der Waals surface area contributed by atoms with Gasteiger partial charge in [0.05, 0.1) is 22.7 Å². The van der Waals surface area contributed by atoms with Crippen molar-refractivity contribution < 1.29 is 26.4 Å². The molecule has 3 rings (SSSR count). The van der Waals surface area contributed by atoms with E-state index in [2.05, 4.69) is 5.32 Å². The van der Waals surface area contributed by atoms with Gasteiger partial charge < -0.3 is 5.32 Å². The smallest absolute Gasteiger partial charge is 0.324 e. The molecule has 0 aliphatic carbocycles. The summed E-state index contributed by atoms with van der Waals surface area (Å²) in [6, 6.07) is 19.0. The van der Waals surface area contributed by atoms with Gasteiger partial charge in [-0.1, -0.05) is 60.1 Å². The molecule has 5 nitrogen and oxygen atoms in total. The van der Waals surface area contributed by atoms with Crippen LogP contribution in [0.2, 0.25) is 5.02 Å². The van der Waals surface area contributed by atoms with E-state index >= 15 is 0 Å². The van der Waals surface area contributed by atoms with Crippen LogP contribution in [-0.2, 0) is 27.5 Å². The standard InChI is InChI=1S/C22H18ClF3N2O3S/c23-17-11-12-20(19(13-17)22(24,25)26)27-21(29)15-28(14-16-7-3-1-4-8-16)32(30,31)18-9-5-2-6-10-18/h1-13H,14-15H2,(H,27,29). The number of hydrogen-bond donors (Lipinski definition) is 1. The summed E-state index contributed by atoms with van der Waals surface area (Å²) in [6.45, 7) is -0.829. The van der Waals surface area contributed by atoms with Crippen molar-refractivity contribution in [2.24, 2.45) is 0 Å². The predicted molar refractivity (Wildman–Crippen MR) is 116 cm³/mol. The van der Waals surface area contributed by atoms with Gasteiger partial charge in [-0.2, -0.15) is 17.5 Å². The Labute approximate surface area is 188 Å². The molecular weight excluding hydrogens is 465 g/mol. The molecule has 0 atom stereocenters. The average Bonchev–Trinajstić information content (AvgIpc) is 2.75. The Morgan fingerprint density at radius 3 is 2.12 bits per heavy atom. The molecule has 0 aromatic heterocycles. The lowest BCUT2D eigenvalue weighted by atomic mass is 10.1. The van der Waals surface area contributed by atoms with E-state index in [-0.39, 0.29) is 16.5 Å². The number of nitrogens with one attached hydrogen (secondary N) is 1. The minimum Gasteiger partial charge on any atom is -0.324 e. The Morgan fingerprint density at radius 1 is 0.938 bits per heavy atom. The zero-order chi connectivity index (χ0) is 23.4. The molecule has 1 amide bonds. The normalized spacial score (nSPS) is 12.0. The van der Waals surface area contributed by atoms with Crippen LogP contribution in [0.1, 0.15) is 11.1 Å². The largest absolute Gasteiger partial charge is 0.418 e. The second kappa shape index (κ2) is 9.72. The summed E-state index contributed by atoms with van der Waals surface area (Å²) in [7, 11) is -4.10. The molecule has 0 fully saturated rings. The third-order valence-electron chi connectivity index (χ3n) is 4.46. The molecule has 0 aliphatic heterocycles. The maximum Gasteiger partial charge on any atom is 0.418 e. The first-order chi connectivity index (χ1) is 15.1. The van der Waals surface area contributed by atoms with E-state index in [1.807, 2.05) is 0 Å². The number of halogens is 4. The van der Waals surface area contributed by atoms with Crippen LogP contribution in [0, 0.1) is 0 Å². The molecule has 3 aromatic rings. The van der Waals surface area contributed by atoms with E-state index in [0.717, 1.165) is 10.4 Å². The number of hydrogen-bond acceptors (Lipinski definition) is 3. The van der Waals surface area contributed by atoms with Gasteiger partial charge in [-0.25, -0.2) is 8.42 Å². The summed E-state index contributed by atoms with van der Waals surface area (Å²) >= 11 is 5.66. The fourth-order valence-corrected chi connectivity index (χ4v) is 4.54. The maximum atomic E-state index is 13.3. The monoisotopic (exact) mass is 482 g/mol. The minimum absolute atomic E-state index is 0.0359. The molecule has 0 bridgehead atoms. The molecule has 0 radical (unpaired) electrons. The Kier molecular flexibility index (Phi) is 7.22. The first kappa shape index (κ1) is 23.8. The van der Waals surface area contributed by atoms with E-state index in [9.17, 15) is 26.4 Å². The Hall–Kier alpha value is -2.88. The van der Waals surface area contributed by atoms with Gasteiger partial charge in [0.15, 0.2) is 0 Å². The fourth-order valence-electron chi connectivity index (χ4n) is 2.96. The van der Waals surface area contributed by atoms with Crippen molar-refractivity contribution in [2.45, 2.75) is 17.6 Å². The van der Waals surface area contributed by atoms with Crippen molar-refractivity contribution in [3.8, 4) is 0 Å². The molecule has 0 aliphatic rings. The van der Waals surface area contributed by atoms with Gasteiger partial charge in [0.25, 0.3) is 0 Å². The van der Waals surface area contributed by atoms with Crippen molar-refractivity contribution in [3.05, 3.63) is 95.0 Å². The van der Waals surface area contributed by atoms with Crippen LogP contribution in [0.25, 0.3) is 0 Å². The Morgan fingerprint density at radius 2 is 1.53 bits per heavy atom. The molecule has 0 saturated carbocycles. The number of anilines is 1. The topological polar surface area (TPSA) is 66.5 Å². The molecule has 32 heavy (non-hydrogen) atoms. The van der Waals surface area contributed by atoms with E-state index in [4.69, 9.17) is 11.6 Å². The van der Waals surface area contributed by atoms with Crippen LogP contribution in [0.15, 0.2) is 83.8 Å². The Balaban J connectivity index is 1.89. The third-order valence-corrected chi connectivity index (χ3v) is 6.50. The predicted octanol–water partition coefficient (Wildman–Crippen LogP) is 5.19. The zero-order valence-electron chi connectivity index (χ0n) is 16.5. The number of carbonyl (C=O) groups excluding carboxylic acids is 1. The molecule has 3 aromatic carbocycles. The number of benzene rings is 3.